The maximum absolute atomic E-state index is 12.8. The molecule has 5 heteroatoms. The molecule has 3 heterocycles. The van der Waals surface area contributed by atoms with Gasteiger partial charge in [0.1, 0.15) is 5.75 Å². The largest absolute Gasteiger partial charge is 0.497 e. The molecule has 1 amide bonds. The second kappa shape index (κ2) is 7.80. The van der Waals surface area contributed by atoms with E-state index in [9.17, 15) is 4.79 Å². The van der Waals surface area contributed by atoms with Gasteiger partial charge in [-0.15, -0.1) is 0 Å². The summed E-state index contributed by atoms with van der Waals surface area (Å²) >= 11 is 0. The number of carbonyl (C=O) groups excluding carboxylic acids is 1. The second-order valence-electron chi connectivity index (χ2n) is 8.65. The molecule has 0 aliphatic carbocycles. The van der Waals surface area contributed by atoms with E-state index in [4.69, 9.17) is 9.47 Å². The monoisotopic (exact) mass is 372 g/mol. The molecule has 4 atom stereocenters. The third-order valence-electron chi connectivity index (χ3n) is 6.60. The highest BCUT2D eigenvalue weighted by Crippen LogP contribution is 2.38. The summed E-state index contributed by atoms with van der Waals surface area (Å²) in [5.41, 5.74) is 1.31. The topological polar surface area (TPSA) is 42.0 Å². The first-order chi connectivity index (χ1) is 13.1. The van der Waals surface area contributed by atoms with E-state index in [-0.39, 0.29) is 18.2 Å². The molecule has 148 valence electrons. The Morgan fingerprint density at radius 3 is 2.70 bits per heavy atom. The van der Waals surface area contributed by atoms with E-state index in [1.54, 1.807) is 7.11 Å². The number of piperidine rings is 1. The number of likely N-dealkylation sites (tertiary alicyclic amines) is 1. The van der Waals surface area contributed by atoms with Gasteiger partial charge in [-0.25, -0.2) is 0 Å². The molecule has 3 saturated heterocycles. The van der Waals surface area contributed by atoms with E-state index >= 15 is 0 Å². The molecule has 0 saturated carbocycles. The SMILES string of the molecule is COc1ccc(CN2CCC3OC[C@H](C(C)C)N4C(=O)CC[C@H](C2)C34)cc1. The lowest BCUT2D eigenvalue weighted by atomic mass is 9.81. The highest BCUT2D eigenvalue weighted by atomic mass is 16.5. The maximum Gasteiger partial charge on any atom is 0.223 e. The van der Waals surface area contributed by atoms with Crippen LogP contribution < -0.4 is 4.74 Å². The molecule has 3 aliphatic rings. The molecule has 1 aromatic rings. The van der Waals surface area contributed by atoms with Crippen LogP contribution in [0.1, 0.15) is 38.7 Å². The molecular formula is C22H32N2O3. The average molecular weight is 373 g/mol. The summed E-state index contributed by atoms with van der Waals surface area (Å²) in [7, 11) is 1.70. The van der Waals surface area contributed by atoms with Gasteiger partial charge in [-0.1, -0.05) is 26.0 Å². The molecule has 27 heavy (non-hydrogen) atoms. The number of hydrogen-bond acceptors (Lipinski definition) is 4. The van der Waals surface area contributed by atoms with Crippen LogP contribution in [-0.4, -0.2) is 60.7 Å². The van der Waals surface area contributed by atoms with E-state index in [1.165, 1.54) is 5.56 Å². The highest BCUT2D eigenvalue weighted by molar-refractivity contribution is 5.78. The van der Waals surface area contributed by atoms with Gasteiger partial charge in [-0.05, 0) is 42.4 Å². The van der Waals surface area contributed by atoms with Crippen molar-refractivity contribution < 1.29 is 14.3 Å². The fourth-order valence-electron chi connectivity index (χ4n) is 5.12. The molecular weight excluding hydrogens is 340 g/mol. The van der Waals surface area contributed by atoms with E-state index in [0.29, 0.717) is 30.8 Å². The van der Waals surface area contributed by atoms with Crippen LogP contribution >= 0.6 is 0 Å². The molecule has 3 fully saturated rings. The lowest BCUT2D eigenvalue weighted by molar-refractivity contribution is -0.172. The Bertz CT molecular complexity index is 660. The zero-order chi connectivity index (χ0) is 19.0. The number of methoxy groups -OCH3 is 1. The van der Waals surface area contributed by atoms with Crippen LogP contribution in [-0.2, 0) is 16.1 Å². The summed E-state index contributed by atoms with van der Waals surface area (Å²) in [5, 5.41) is 0. The molecule has 0 bridgehead atoms. The average Bonchev–Trinajstić information content (AvgIpc) is 2.85. The van der Waals surface area contributed by atoms with Gasteiger partial charge in [0.05, 0.1) is 31.9 Å². The van der Waals surface area contributed by atoms with Gasteiger partial charge in [0, 0.05) is 26.1 Å². The summed E-state index contributed by atoms with van der Waals surface area (Å²) in [6, 6.07) is 8.86. The third kappa shape index (κ3) is 3.72. The van der Waals surface area contributed by atoms with Crippen LogP contribution in [0.3, 0.4) is 0 Å². The van der Waals surface area contributed by atoms with Gasteiger partial charge in [0.25, 0.3) is 0 Å². The fourth-order valence-corrected chi connectivity index (χ4v) is 5.12. The number of amides is 1. The molecule has 0 N–H and O–H groups in total. The van der Waals surface area contributed by atoms with E-state index in [0.717, 1.165) is 38.2 Å². The molecule has 0 aromatic heterocycles. The van der Waals surface area contributed by atoms with Crippen LogP contribution in [0.2, 0.25) is 0 Å². The first-order valence-electron chi connectivity index (χ1n) is 10.3. The van der Waals surface area contributed by atoms with Gasteiger partial charge < -0.3 is 14.4 Å². The van der Waals surface area contributed by atoms with Gasteiger partial charge >= 0.3 is 0 Å². The quantitative estimate of drug-likeness (QED) is 0.815. The van der Waals surface area contributed by atoms with Crippen molar-refractivity contribution in [3.63, 3.8) is 0 Å². The highest BCUT2D eigenvalue weighted by Gasteiger charge is 2.49. The normalized spacial score (nSPS) is 31.6. The lowest BCUT2D eigenvalue weighted by Gasteiger charge is -2.52. The van der Waals surface area contributed by atoms with Crippen LogP contribution in [0.25, 0.3) is 0 Å². The van der Waals surface area contributed by atoms with Gasteiger partial charge in [-0.3, -0.25) is 9.69 Å². The Hall–Kier alpha value is -1.59. The van der Waals surface area contributed by atoms with Crippen molar-refractivity contribution in [3.05, 3.63) is 29.8 Å². The zero-order valence-electron chi connectivity index (χ0n) is 16.8. The van der Waals surface area contributed by atoms with Gasteiger partial charge in [-0.2, -0.15) is 0 Å². The van der Waals surface area contributed by atoms with Crippen molar-refractivity contribution in [1.29, 1.82) is 0 Å². The predicted octanol–water partition coefficient (Wildman–Crippen LogP) is 2.93. The molecule has 5 nitrogen and oxygen atoms in total. The minimum absolute atomic E-state index is 0.190. The van der Waals surface area contributed by atoms with E-state index in [2.05, 4.69) is 35.8 Å². The summed E-state index contributed by atoms with van der Waals surface area (Å²) in [6.45, 7) is 8.12. The van der Waals surface area contributed by atoms with Crippen LogP contribution in [0.5, 0.6) is 5.75 Å². The van der Waals surface area contributed by atoms with Crippen LogP contribution in [0.4, 0.5) is 0 Å². The first-order valence-corrected chi connectivity index (χ1v) is 10.3. The smallest absolute Gasteiger partial charge is 0.223 e. The maximum atomic E-state index is 12.8. The van der Waals surface area contributed by atoms with Crippen LogP contribution in [0.15, 0.2) is 24.3 Å². The Morgan fingerprint density at radius 1 is 1.22 bits per heavy atom. The summed E-state index contributed by atoms with van der Waals surface area (Å²) in [4.78, 5) is 17.5. The summed E-state index contributed by atoms with van der Waals surface area (Å²) in [6.07, 6.45) is 2.87. The van der Waals surface area contributed by atoms with Crippen molar-refractivity contribution in [2.45, 2.75) is 57.8 Å². The van der Waals surface area contributed by atoms with E-state index < -0.39 is 0 Å². The molecule has 0 radical (unpaired) electrons. The molecule has 1 aromatic carbocycles. The fraction of sp³-hybridized carbons (Fsp3) is 0.682. The van der Waals surface area contributed by atoms with Gasteiger partial charge in [0.2, 0.25) is 5.91 Å². The second-order valence-corrected chi connectivity index (χ2v) is 8.65. The lowest BCUT2D eigenvalue weighted by Crippen LogP contribution is -2.65. The predicted molar refractivity (Wildman–Crippen MR) is 105 cm³/mol. The number of hydrogen-bond donors (Lipinski definition) is 0. The molecule has 4 rings (SSSR count). The number of nitrogens with zero attached hydrogens (tertiary/aromatic N) is 2. The summed E-state index contributed by atoms with van der Waals surface area (Å²) < 4.78 is 11.6. The van der Waals surface area contributed by atoms with Crippen molar-refractivity contribution in [1.82, 2.24) is 9.80 Å². The Morgan fingerprint density at radius 2 is 2.00 bits per heavy atom. The first kappa shape index (κ1) is 18.8. The Kier molecular flexibility index (Phi) is 5.42. The Labute approximate surface area is 162 Å². The number of carbonyl (C=O) groups is 1. The number of ether oxygens (including phenoxy) is 2. The minimum Gasteiger partial charge on any atom is -0.497 e. The third-order valence-corrected chi connectivity index (χ3v) is 6.60. The molecule has 0 spiro atoms. The number of benzene rings is 1. The minimum atomic E-state index is 0.190. The van der Waals surface area contributed by atoms with Gasteiger partial charge in [0.15, 0.2) is 0 Å². The van der Waals surface area contributed by atoms with Crippen molar-refractivity contribution in [2.24, 2.45) is 11.8 Å². The standard InChI is InChI=1S/C22H32N2O3/c1-15(2)19-14-27-20-10-11-23(12-16-4-7-18(26-3)8-5-16)13-17-6-9-21(25)24(19)22(17)20/h4-5,7-8,15,17,19-20,22H,6,9-14H2,1-3H3/t17-,19-,20?,22?/m1/s1. The van der Waals surface area contributed by atoms with Crippen molar-refractivity contribution >= 4 is 5.91 Å². The number of morpholine rings is 1. The zero-order valence-corrected chi connectivity index (χ0v) is 16.8. The van der Waals surface area contributed by atoms with Crippen molar-refractivity contribution in [2.75, 3.05) is 26.8 Å². The van der Waals surface area contributed by atoms with Crippen LogP contribution in [0, 0.1) is 11.8 Å². The molecule has 2 unspecified atom stereocenters. The summed E-state index contributed by atoms with van der Waals surface area (Å²) in [5.74, 6) is 2.18. The Balaban J connectivity index is 1.51. The van der Waals surface area contributed by atoms with E-state index in [1.807, 2.05) is 12.1 Å². The molecule has 3 aliphatic heterocycles. The number of rotatable bonds is 4. The van der Waals surface area contributed by atoms with Crippen molar-refractivity contribution in [3.8, 4) is 5.75 Å².